The molecular formula is C9H6F2N2O3. The zero-order valence-corrected chi connectivity index (χ0v) is 7.78. The second-order valence-corrected chi connectivity index (χ2v) is 2.70. The van der Waals surface area contributed by atoms with E-state index >= 15 is 0 Å². The van der Waals surface area contributed by atoms with Crippen LogP contribution in [0.2, 0.25) is 0 Å². The highest BCUT2D eigenvalue weighted by Gasteiger charge is 2.21. The summed E-state index contributed by atoms with van der Waals surface area (Å²) < 4.78 is 27.9. The largest absolute Gasteiger partial charge is 0.478 e. The minimum atomic E-state index is -3.17. The third kappa shape index (κ3) is 2.17. The molecule has 3 N–H and O–H groups in total. The summed E-state index contributed by atoms with van der Waals surface area (Å²) in [5.74, 6) is -2.15. The maximum absolute atomic E-state index is 12.0. The normalized spacial score (nSPS) is 9.88. The van der Waals surface area contributed by atoms with Gasteiger partial charge < -0.3 is 15.6 Å². The zero-order chi connectivity index (χ0) is 12.3. The van der Waals surface area contributed by atoms with Crippen molar-refractivity contribution in [3.8, 4) is 11.8 Å². The molecule has 1 aromatic rings. The van der Waals surface area contributed by atoms with E-state index in [-0.39, 0.29) is 5.69 Å². The highest BCUT2D eigenvalue weighted by Crippen LogP contribution is 2.28. The van der Waals surface area contributed by atoms with Gasteiger partial charge in [0.25, 0.3) is 0 Å². The molecule has 16 heavy (non-hydrogen) atoms. The van der Waals surface area contributed by atoms with Crippen LogP contribution in [0.15, 0.2) is 12.1 Å². The van der Waals surface area contributed by atoms with Crippen LogP contribution in [0.1, 0.15) is 15.9 Å². The van der Waals surface area contributed by atoms with Crippen molar-refractivity contribution in [2.24, 2.45) is 0 Å². The lowest BCUT2D eigenvalue weighted by molar-refractivity contribution is -0.0503. The lowest BCUT2D eigenvalue weighted by Gasteiger charge is -2.10. The number of nitriles is 1. The van der Waals surface area contributed by atoms with E-state index in [0.29, 0.717) is 0 Å². The summed E-state index contributed by atoms with van der Waals surface area (Å²) in [7, 11) is 0. The number of hydrogen-bond acceptors (Lipinski definition) is 4. The summed E-state index contributed by atoms with van der Waals surface area (Å²) in [6.45, 7) is -3.17. The molecule has 0 atom stereocenters. The molecular weight excluding hydrogens is 222 g/mol. The first-order valence-electron chi connectivity index (χ1n) is 3.98. The van der Waals surface area contributed by atoms with Gasteiger partial charge in [-0.2, -0.15) is 14.0 Å². The standard InChI is InChI=1S/C9H6F2N2O3/c10-9(11)16-6-2-1-5(13)4(3-12)7(6)8(14)15/h1-2,9H,13H2,(H,14,15). The summed E-state index contributed by atoms with van der Waals surface area (Å²) in [5, 5.41) is 17.5. The molecule has 0 aromatic heterocycles. The summed E-state index contributed by atoms with van der Waals surface area (Å²) in [6, 6.07) is 3.63. The molecule has 0 aliphatic rings. The molecule has 0 spiro atoms. The average Bonchev–Trinajstić information content (AvgIpc) is 2.18. The van der Waals surface area contributed by atoms with Crippen LogP contribution < -0.4 is 10.5 Å². The van der Waals surface area contributed by atoms with E-state index in [4.69, 9.17) is 16.1 Å². The van der Waals surface area contributed by atoms with Crippen LogP contribution >= 0.6 is 0 Å². The number of alkyl halides is 2. The monoisotopic (exact) mass is 228 g/mol. The first kappa shape index (κ1) is 11.7. The van der Waals surface area contributed by atoms with E-state index in [1.165, 1.54) is 6.07 Å². The molecule has 0 saturated carbocycles. The van der Waals surface area contributed by atoms with Gasteiger partial charge in [-0.15, -0.1) is 0 Å². The predicted molar refractivity (Wildman–Crippen MR) is 49.2 cm³/mol. The molecule has 0 aliphatic heterocycles. The van der Waals surface area contributed by atoms with Gasteiger partial charge in [0.05, 0.1) is 11.3 Å². The van der Waals surface area contributed by atoms with Crippen molar-refractivity contribution in [3.63, 3.8) is 0 Å². The van der Waals surface area contributed by atoms with Gasteiger partial charge in [-0.3, -0.25) is 0 Å². The van der Waals surface area contributed by atoms with Crippen molar-refractivity contribution < 1.29 is 23.4 Å². The fourth-order valence-electron chi connectivity index (χ4n) is 1.13. The number of hydrogen-bond donors (Lipinski definition) is 2. The third-order valence-corrected chi connectivity index (χ3v) is 1.74. The summed E-state index contributed by atoms with van der Waals surface area (Å²) in [5.41, 5.74) is 4.17. The molecule has 0 bridgehead atoms. The first-order valence-corrected chi connectivity index (χ1v) is 3.98. The fourth-order valence-corrected chi connectivity index (χ4v) is 1.13. The molecule has 0 fully saturated rings. The Morgan fingerprint density at radius 3 is 2.62 bits per heavy atom. The Balaban J connectivity index is 3.40. The Kier molecular flexibility index (Phi) is 3.25. The third-order valence-electron chi connectivity index (χ3n) is 1.74. The van der Waals surface area contributed by atoms with Crippen LogP contribution in [0, 0.1) is 11.3 Å². The maximum atomic E-state index is 12.0. The number of halogens is 2. The molecule has 0 amide bonds. The van der Waals surface area contributed by atoms with Gasteiger partial charge in [0.1, 0.15) is 17.4 Å². The summed E-state index contributed by atoms with van der Waals surface area (Å²) in [6.07, 6.45) is 0. The van der Waals surface area contributed by atoms with Crippen LogP contribution in [0.4, 0.5) is 14.5 Å². The van der Waals surface area contributed by atoms with Gasteiger partial charge in [0.15, 0.2) is 0 Å². The Hall–Kier alpha value is -2.36. The van der Waals surface area contributed by atoms with Gasteiger partial charge in [-0.05, 0) is 12.1 Å². The predicted octanol–water partition coefficient (Wildman–Crippen LogP) is 1.44. The Labute approximate surface area is 88.7 Å². The van der Waals surface area contributed by atoms with Crippen LogP contribution in [0.5, 0.6) is 5.75 Å². The molecule has 1 rings (SSSR count). The Morgan fingerprint density at radius 2 is 2.19 bits per heavy atom. The van der Waals surface area contributed by atoms with E-state index in [1.807, 2.05) is 0 Å². The van der Waals surface area contributed by atoms with Gasteiger partial charge in [-0.1, -0.05) is 0 Å². The highest BCUT2D eigenvalue weighted by molar-refractivity contribution is 5.95. The molecule has 84 valence electrons. The van der Waals surface area contributed by atoms with Gasteiger partial charge in [0.2, 0.25) is 0 Å². The fraction of sp³-hybridized carbons (Fsp3) is 0.111. The van der Waals surface area contributed by atoms with Crippen molar-refractivity contribution in [1.82, 2.24) is 0 Å². The van der Waals surface area contributed by atoms with E-state index < -0.39 is 29.5 Å². The second-order valence-electron chi connectivity index (χ2n) is 2.70. The topological polar surface area (TPSA) is 96.3 Å². The minimum Gasteiger partial charge on any atom is -0.478 e. The molecule has 0 saturated heterocycles. The van der Waals surface area contributed by atoms with Crippen LogP contribution in [0.25, 0.3) is 0 Å². The Bertz CT molecular complexity index is 469. The van der Waals surface area contributed by atoms with Gasteiger partial charge >= 0.3 is 12.6 Å². The Morgan fingerprint density at radius 1 is 1.56 bits per heavy atom. The number of carbonyl (C=O) groups is 1. The average molecular weight is 228 g/mol. The number of nitrogens with zero attached hydrogens (tertiary/aromatic N) is 1. The zero-order valence-electron chi connectivity index (χ0n) is 7.78. The summed E-state index contributed by atoms with van der Waals surface area (Å²) >= 11 is 0. The molecule has 0 unspecified atom stereocenters. The molecule has 0 heterocycles. The number of anilines is 1. The van der Waals surface area contributed by atoms with Crippen LogP contribution in [-0.4, -0.2) is 17.7 Å². The SMILES string of the molecule is N#Cc1c(N)ccc(OC(F)F)c1C(=O)O. The molecule has 1 aromatic carbocycles. The van der Waals surface area contributed by atoms with Crippen LogP contribution in [-0.2, 0) is 0 Å². The number of rotatable bonds is 3. The second kappa shape index (κ2) is 4.44. The van der Waals surface area contributed by atoms with E-state index in [1.54, 1.807) is 0 Å². The number of ether oxygens (including phenoxy) is 1. The van der Waals surface area contributed by atoms with Crippen LogP contribution in [0.3, 0.4) is 0 Å². The van der Waals surface area contributed by atoms with Crippen molar-refractivity contribution in [2.45, 2.75) is 6.61 Å². The number of nitrogens with two attached hydrogens (primary N) is 1. The molecule has 0 aliphatic carbocycles. The minimum absolute atomic E-state index is 0.110. The lowest BCUT2D eigenvalue weighted by Crippen LogP contribution is -2.10. The molecule has 7 heteroatoms. The number of benzene rings is 1. The number of aromatic carboxylic acids is 1. The number of carboxylic acids is 1. The maximum Gasteiger partial charge on any atom is 0.387 e. The quantitative estimate of drug-likeness (QED) is 0.763. The van der Waals surface area contributed by atoms with Crippen molar-refractivity contribution in [3.05, 3.63) is 23.3 Å². The number of carboxylic acid groups (broad SMARTS) is 1. The molecule has 5 nitrogen and oxygen atoms in total. The lowest BCUT2D eigenvalue weighted by atomic mass is 10.1. The van der Waals surface area contributed by atoms with E-state index in [9.17, 15) is 13.6 Å². The van der Waals surface area contributed by atoms with Crippen molar-refractivity contribution in [1.29, 1.82) is 5.26 Å². The van der Waals surface area contributed by atoms with E-state index in [2.05, 4.69) is 4.74 Å². The highest BCUT2D eigenvalue weighted by atomic mass is 19.3. The summed E-state index contributed by atoms with van der Waals surface area (Å²) in [4.78, 5) is 10.8. The number of nitrogen functional groups attached to an aromatic ring is 1. The van der Waals surface area contributed by atoms with Gasteiger partial charge in [-0.25, -0.2) is 4.79 Å². The van der Waals surface area contributed by atoms with Gasteiger partial charge in [0, 0.05) is 0 Å². The van der Waals surface area contributed by atoms with Crippen molar-refractivity contribution in [2.75, 3.05) is 5.73 Å². The first-order chi connectivity index (χ1) is 7.47. The smallest absolute Gasteiger partial charge is 0.387 e. The molecule has 0 radical (unpaired) electrons. The van der Waals surface area contributed by atoms with Crippen molar-refractivity contribution >= 4 is 11.7 Å². The van der Waals surface area contributed by atoms with E-state index in [0.717, 1.165) is 12.1 Å².